The van der Waals surface area contributed by atoms with E-state index in [1.54, 1.807) is 0 Å². The van der Waals surface area contributed by atoms with Gasteiger partial charge in [0.05, 0.1) is 17.7 Å². The number of halogens is 4. The van der Waals surface area contributed by atoms with Gasteiger partial charge in [0.25, 0.3) is 5.56 Å². The van der Waals surface area contributed by atoms with Crippen LogP contribution < -0.4 is 16.0 Å². The van der Waals surface area contributed by atoms with Gasteiger partial charge in [0, 0.05) is 24.3 Å². The van der Waals surface area contributed by atoms with Crippen LogP contribution in [-0.4, -0.2) is 61.9 Å². The van der Waals surface area contributed by atoms with Crippen LogP contribution in [0.25, 0.3) is 5.69 Å². The number of carboxylic acids is 1. The molecule has 1 aromatic heterocycles. The fourth-order valence-electron chi connectivity index (χ4n) is 4.65. The minimum Gasteiger partial charge on any atom is -0.493 e. The second-order valence-corrected chi connectivity index (χ2v) is 13.3. The number of imide groups is 1. The summed E-state index contributed by atoms with van der Waals surface area (Å²) in [6.45, 7) is 9.84. The standard InChI is InChI=1S/C34H37F4N3O9/c1-32(2,3)49-30(46)41(31(47)50-33(4,5)6)34(7,29(44)45)13-8-14-48-19-16-23(37)26(24(38)17-19)40-25(42)12-11-21(28(40)39)27(43)20-10-9-18(35)15-22(20)36/h9-12,15-17H,8,13-14,39H2,1-7H3,(H,44,45)/t34-/m0/s1. The Labute approximate surface area is 284 Å². The number of nitrogens with zero attached hydrogens (tertiary/aromatic N) is 2. The Hall–Kier alpha value is -5.41. The first-order valence-corrected chi connectivity index (χ1v) is 15.1. The molecule has 0 radical (unpaired) electrons. The molecular formula is C34H37F4N3O9. The number of aromatic nitrogens is 1. The number of benzene rings is 2. The quantitative estimate of drug-likeness (QED) is 0.137. The molecule has 12 nitrogen and oxygen atoms in total. The van der Waals surface area contributed by atoms with E-state index >= 15 is 8.78 Å². The maximum atomic E-state index is 15.4. The molecule has 0 fully saturated rings. The minimum atomic E-state index is -2.22. The number of carbonyl (C=O) groups is 4. The third-order valence-electron chi connectivity index (χ3n) is 6.95. The summed E-state index contributed by atoms with van der Waals surface area (Å²) in [5.41, 5.74) is -1.59. The van der Waals surface area contributed by atoms with Crippen LogP contribution in [0.15, 0.2) is 47.3 Å². The number of nitrogens with two attached hydrogens (primary N) is 1. The molecule has 2 aromatic carbocycles. The normalized spacial score (nSPS) is 12.9. The van der Waals surface area contributed by atoms with Crippen LogP contribution in [0, 0.1) is 23.3 Å². The molecule has 0 aliphatic carbocycles. The molecule has 1 heterocycles. The first-order chi connectivity index (χ1) is 23.0. The van der Waals surface area contributed by atoms with Crippen molar-refractivity contribution in [1.82, 2.24) is 9.47 Å². The van der Waals surface area contributed by atoms with E-state index in [0.29, 0.717) is 27.7 Å². The summed E-state index contributed by atoms with van der Waals surface area (Å²) < 4.78 is 74.7. The molecule has 0 saturated heterocycles. The monoisotopic (exact) mass is 707 g/mol. The lowest BCUT2D eigenvalue weighted by Crippen LogP contribution is -2.59. The van der Waals surface area contributed by atoms with Crippen LogP contribution >= 0.6 is 0 Å². The second kappa shape index (κ2) is 14.6. The van der Waals surface area contributed by atoms with Gasteiger partial charge in [0.2, 0.25) is 0 Å². The number of aliphatic carboxylic acids is 1. The summed E-state index contributed by atoms with van der Waals surface area (Å²) in [5.74, 6) is -8.69. The lowest BCUT2D eigenvalue weighted by molar-refractivity contribution is -0.150. The lowest BCUT2D eigenvalue weighted by Gasteiger charge is -2.37. The Balaban J connectivity index is 1.87. The molecule has 0 aliphatic rings. The van der Waals surface area contributed by atoms with Crippen LogP contribution in [-0.2, 0) is 14.3 Å². The highest BCUT2D eigenvalue weighted by Gasteiger charge is 2.49. The van der Waals surface area contributed by atoms with E-state index in [1.165, 1.54) is 41.5 Å². The number of carbonyl (C=O) groups excluding carboxylic acids is 3. The first kappa shape index (κ1) is 39.0. The van der Waals surface area contributed by atoms with Gasteiger partial charge in [-0.1, -0.05) is 0 Å². The molecule has 3 N–H and O–H groups in total. The predicted octanol–water partition coefficient (Wildman–Crippen LogP) is 6.38. The van der Waals surface area contributed by atoms with Gasteiger partial charge < -0.3 is 25.1 Å². The van der Waals surface area contributed by atoms with E-state index in [4.69, 9.17) is 19.9 Å². The minimum absolute atomic E-state index is 0.174. The predicted molar refractivity (Wildman–Crippen MR) is 171 cm³/mol. The highest BCUT2D eigenvalue weighted by atomic mass is 19.1. The Morgan fingerprint density at radius 1 is 0.800 bits per heavy atom. The van der Waals surface area contributed by atoms with Crippen LogP contribution in [0.5, 0.6) is 5.75 Å². The molecule has 50 heavy (non-hydrogen) atoms. The molecule has 0 saturated carbocycles. The van der Waals surface area contributed by atoms with Gasteiger partial charge in [-0.3, -0.25) is 14.2 Å². The average molecular weight is 708 g/mol. The maximum absolute atomic E-state index is 15.4. The molecule has 16 heteroatoms. The van der Waals surface area contributed by atoms with Crippen molar-refractivity contribution in [2.24, 2.45) is 0 Å². The zero-order chi connectivity index (χ0) is 37.9. The molecular weight excluding hydrogens is 670 g/mol. The molecule has 0 unspecified atom stereocenters. The van der Waals surface area contributed by atoms with Gasteiger partial charge >= 0.3 is 18.2 Å². The van der Waals surface area contributed by atoms with Gasteiger partial charge in [-0.25, -0.2) is 31.9 Å². The maximum Gasteiger partial charge on any atom is 0.420 e. The largest absolute Gasteiger partial charge is 0.493 e. The van der Waals surface area contributed by atoms with Gasteiger partial charge in [0.15, 0.2) is 23.0 Å². The Kier molecular flexibility index (Phi) is 11.4. The van der Waals surface area contributed by atoms with E-state index in [9.17, 15) is 37.9 Å². The molecule has 1 atom stereocenters. The van der Waals surface area contributed by atoms with E-state index in [-0.39, 0.29) is 13.0 Å². The Bertz CT molecular complexity index is 1830. The molecule has 0 spiro atoms. The number of hydrogen-bond acceptors (Lipinski definition) is 9. The van der Waals surface area contributed by atoms with Gasteiger partial charge in [-0.15, -0.1) is 0 Å². The number of anilines is 1. The van der Waals surface area contributed by atoms with Crippen molar-refractivity contribution in [3.63, 3.8) is 0 Å². The molecule has 0 bridgehead atoms. The number of ketones is 1. The van der Waals surface area contributed by atoms with Crippen molar-refractivity contribution >= 4 is 29.8 Å². The SMILES string of the molecule is CC(C)(C)OC(=O)N(C(=O)OC(C)(C)C)[C@@](C)(CCCOc1cc(F)c(-n2c(N)c(C(=O)c3ccc(F)cc3F)ccc2=O)c(F)c1)C(=O)O. The summed E-state index contributed by atoms with van der Waals surface area (Å²) in [5, 5.41) is 10.1. The molecule has 0 aliphatic heterocycles. The van der Waals surface area contributed by atoms with Crippen LogP contribution in [0.2, 0.25) is 0 Å². The Morgan fingerprint density at radius 3 is 1.80 bits per heavy atom. The number of carboxylic acid groups (broad SMARTS) is 1. The number of ether oxygens (including phenoxy) is 3. The van der Waals surface area contributed by atoms with Crippen LogP contribution in [0.4, 0.5) is 33.0 Å². The van der Waals surface area contributed by atoms with Crippen LogP contribution in [0.3, 0.4) is 0 Å². The van der Waals surface area contributed by atoms with Crippen molar-refractivity contribution < 1.29 is 56.1 Å². The molecule has 270 valence electrons. The number of amides is 2. The smallest absolute Gasteiger partial charge is 0.420 e. The zero-order valence-corrected chi connectivity index (χ0v) is 28.4. The molecule has 2 amide bonds. The number of rotatable bonds is 10. The first-order valence-electron chi connectivity index (χ1n) is 15.1. The van der Waals surface area contributed by atoms with E-state index < -0.39 is 104 Å². The highest BCUT2D eigenvalue weighted by molar-refractivity contribution is 6.11. The van der Waals surface area contributed by atoms with Crippen molar-refractivity contribution in [1.29, 1.82) is 0 Å². The van der Waals surface area contributed by atoms with Gasteiger partial charge in [-0.05, 0) is 79.5 Å². The average Bonchev–Trinajstić information content (AvgIpc) is 2.94. The fourth-order valence-corrected chi connectivity index (χ4v) is 4.65. The summed E-state index contributed by atoms with van der Waals surface area (Å²) in [6, 6.07) is 5.24. The number of hydrogen-bond donors (Lipinski definition) is 2. The van der Waals surface area contributed by atoms with Crippen molar-refractivity contribution in [3.8, 4) is 11.4 Å². The van der Waals surface area contributed by atoms with E-state index in [0.717, 1.165) is 31.2 Å². The summed E-state index contributed by atoms with van der Waals surface area (Å²) in [4.78, 5) is 64.6. The lowest BCUT2D eigenvalue weighted by atomic mass is 9.94. The zero-order valence-electron chi connectivity index (χ0n) is 28.4. The Morgan fingerprint density at radius 2 is 1.32 bits per heavy atom. The van der Waals surface area contributed by atoms with E-state index in [1.807, 2.05) is 0 Å². The third-order valence-corrected chi connectivity index (χ3v) is 6.95. The van der Waals surface area contributed by atoms with Crippen molar-refractivity contribution in [3.05, 3.63) is 87.2 Å². The summed E-state index contributed by atoms with van der Waals surface area (Å²) in [7, 11) is 0. The van der Waals surface area contributed by atoms with Crippen molar-refractivity contribution in [2.45, 2.75) is 78.0 Å². The van der Waals surface area contributed by atoms with Crippen LogP contribution in [0.1, 0.15) is 77.2 Å². The molecule has 3 aromatic rings. The highest BCUT2D eigenvalue weighted by Crippen LogP contribution is 2.30. The topological polar surface area (TPSA) is 167 Å². The van der Waals surface area contributed by atoms with Crippen molar-refractivity contribution in [2.75, 3.05) is 12.3 Å². The van der Waals surface area contributed by atoms with Gasteiger partial charge in [0.1, 0.15) is 40.1 Å². The summed E-state index contributed by atoms with van der Waals surface area (Å²) >= 11 is 0. The third kappa shape index (κ3) is 8.98. The summed E-state index contributed by atoms with van der Waals surface area (Å²) in [6.07, 6.45) is -3.14. The second-order valence-electron chi connectivity index (χ2n) is 13.3. The number of nitrogen functional groups attached to an aromatic ring is 1. The van der Waals surface area contributed by atoms with E-state index in [2.05, 4.69) is 0 Å². The number of pyridine rings is 1. The van der Waals surface area contributed by atoms with Gasteiger partial charge in [-0.2, -0.15) is 4.90 Å². The fraction of sp³-hybridized carbons (Fsp3) is 0.382. The molecule has 3 rings (SSSR count).